The number of nitrogen functional groups attached to an aromatic ring is 1. The van der Waals surface area contributed by atoms with Crippen molar-refractivity contribution in [3.8, 4) is 0 Å². The number of carboxylic acids is 1. The fourth-order valence-corrected chi connectivity index (χ4v) is 4.45. The lowest BCUT2D eigenvalue weighted by atomic mass is 9.87. The zero-order valence-corrected chi connectivity index (χ0v) is 14.3. The first-order valence-electron chi connectivity index (χ1n) is 7.76. The molecule has 1 atom stereocenters. The van der Waals surface area contributed by atoms with Crippen LogP contribution in [0.4, 0.5) is 5.69 Å². The molecule has 2 heterocycles. The number of carboxylic acid groups (broad SMARTS) is 1. The van der Waals surface area contributed by atoms with Gasteiger partial charge in [-0.15, -0.1) is 11.3 Å². The SMILES string of the molecule is CCC(C)c1c2c(nc3sc(C(=O)O)c(N)c13)C(C)(C)CC2. The van der Waals surface area contributed by atoms with Gasteiger partial charge in [0.05, 0.1) is 11.4 Å². The number of rotatable bonds is 3. The molecule has 0 aliphatic heterocycles. The molecule has 3 N–H and O–H groups in total. The maximum Gasteiger partial charge on any atom is 0.348 e. The molecular formula is C17H22N2O2S. The molecule has 1 aliphatic rings. The van der Waals surface area contributed by atoms with E-state index in [1.807, 2.05) is 0 Å². The van der Waals surface area contributed by atoms with Crippen molar-refractivity contribution in [3.63, 3.8) is 0 Å². The number of hydrogen-bond acceptors (Lipinski definition) is 4. The van der Waals surface area contributed by atoms with E-state index in [1.54, 1.807) is 0 Å². The number of nitrogens with zero attached hydrogens (tertiary/aromatic N) is 1. The molecule has 1 unspecified atom stereocenters. The van der Waals surface area contributed by atoms with Crippen LogP contribution < -0.4 is 5.73 Å². The third-order valence-electron chi connectivity index (χ3n) is 4.96. The van der Waals surface area contributed by atoms with E-state index < -0.39 is 5.97 Å². The summed E-state index contributed by atoms with van der Waals surface area (Å²) in [5.41, 5.74) is 10.3. The van der Waals surface area contributed by atoms with Gasteiger partial charge in [0.1, 0.15) is 9.71 Å². The maximum absolute atomic E-state index is 11.4. The quantitative estimate of drug-likeness (QED) is 0.884. The van der Waals surface area contributed by atoms with E-state index in [9.17, 15) is 9.90 Å². The molecule has 0 saturated heterocycles. The van der Waals surface area contributed by atoms with Gasteiger partial charge in [-0.3, -0.25) is 0 Å². The summed E-state index contributed by atoms with van der Waals surface area (Å²) in [6, 6.07) is 0. The Morgan fingerprint density at radius 1 is 1.50 bits per heavy atom. The molecule has 0 spiro atoms. The van der Waals surface area contributed by atoms with Crippen LogP contribution in [0, 0.1) is 0 Å². The Bertz CT molecular complexity index is 777. The average Bonchev–Trinajstić information content (AvgIpc) is 2.95. The molecule has 0 bridgehead atoms. The second kappa shape index (κ2) is 4.95. The van der Waals surface area contributed by atoms with Gasteiger partial charge in [0.15, 0.2) is 0 Å². The smallest absolute Gasteiger partial charge is 0.348 e. The molecule has 5 heteroatoms. The van der Waals surface area contributed by atoms with Crippen LogP contribution in [0.15, 0.2) is 0 Å². The van der Waals surface area contributed by atoms with Crippen LogP contribution in [0.1, 0.15) is 72.9 Å². The molecule has 0 fully saturated rings. The van der Waals surface area contributed by atoms with Crippen molar-refractivity contribution < 1.29 is 9.90 Å². The molecule has 1 aliphatic carbocycles. The summed E-state index contributed by atoms with van der Waals surface area (Å²) < 4.78 is 0. The summed E-state index contributed by atoms with van der Waals surface area (Å²) in [5.74, 6) is -0.610. The Morgan fingerprint density at radius 2 is 2.18 bits per heavy atom. The third-order valence-corrected chi connectivity index (χ3v) is 6.05. The first-order chi connectivity index (χ1) is 10.3. The number of aromatic carboxylic acids is 1. The predicted molar refractivity (Wildman–Crippen MR) is 91.0 cm³/mol. The number of anilines is 1. The highest BCUT2D eigenvalue weighted by Gasteiger charge is 2.36. The first kappa shape index (κ1) is 15.3. The molecular weight excluding hydrogens is 296 g/mol. The predicted octanol–water partition coefficient (Wildman–Crippen LogP) is 4.31. The Morgan fingerprint density at radius 3 is 2.77 bits per heavy atom. The van der Waals surface area contributed by atoms with Gasteiger partial charge < -0.3 is 10.8 Å². The molecule has 0 radical (unpaired) electrons. The third kappa shape index (κ3) is 2.02. The number of nitrogens with two attached hydrogens (primary N) is 1. The highest BCUT2D eigenvalue weighted by molar-refractivity contribution is 7.21. The Balaban J connectivity index is 2.43. The van der Waals surface area contributed by atoms with Gasteiger partial charge in [0.2, 0.25) is 0 Å². The number of hydrogen-bond donors (Lipinski definition) is 2. The standard InChI is InChI=1S/C17H22N2O2S/c1-5-8(2)10-9-6-7-17(3,4)14(9)19-15-11(10)12(18)13(22-15)16(20)21/h8H,5-7,18H2,1-4H3,(H,20,21). The van der Waals surface area contributed by atoms with Crippen LogP contribution in [0.5, 0.6) is 0 Å². The van der Waals surface area contributed by atoms with Crippen LogP contribution >= 0.6 is 11.3 Å². The molecule has 2 aromatic heterocycles. The van der Waals surface area contributed by atoms with Crippen LogP contribution in [-0.2, 0) is 11.8 Å². The first-order valence-corrected chi connectivity index (χ1v) is 8.58. The monoisotopic (exact) mass is 318 g/mol. The molecule has 0 saturated carbocycles. The van der Waals surface area contributed by atoms with Gasteiger partial charge in [0, 0.05) is 10.8 Å². The molecule has 0 amide bonds. The Hall–Kier alpha value is -1.62. The van der Waals surface area contributed by atoms with Gasteiger partial charge in [-0.1, -0.05) is 27.7 Å². The molecule has 2 aromatic rings. The van der Waals surface area contributed by atoms with E-state index >= 15 is 0 Å². The minimum Gasteiger partial charge on any atom is -0.477 e. The summed E-state index contributed by atoms with van der Waals surface area (Å²) in [4.78, 5) is 17.2. The molecule has 22 heavy (non-hydrogen) atoms. The molecule has 0 aromatic carbocycles. The van der Waals surface area contributed by atoms with Crippen molar-refractivity contribution in [3.05, 3.63) is 21.7 Å². The fraction of sp³-hybridized carbons (Fsp3) is 0.529. The maximum atomic E-state index is 11.4. The number of thiophene rings is 1. The second-order valence-corrected chi connectivity index (χ2v) is 7.88. The second-order valence-electron chi connectivity index (χ2n) is 6.88. The highest BCUT2D eigenvalue weighted by Crippen LogP contribution is 2.47. The summed E-state index contributed by atoms with van der Waals surface area (Å²) >= 11 is 1.21. The molecule has 3 rings (SSSR count). The fourth-order valence-electron chi connectivity index (χ4n) is 3.49. The lowest BCUT2D eigenvalue weighted by Gasteiger charge is -2.21. The van der Waals surface area contributed by atoms with E-state index in [2.05, 4.69) is 27.7 Å². The number of pyridine rings is 1. The minimum absolute atomic E-state index is 0.0495. The van der Waals surface area contributed by atoms with Crippen LogP contribution in [0.3, 0.4) is 0 Å². The lowest BCUT2D eigenvalue weighted by Crippen LogP contribution is -2.14. The number of aromatic nitrogens is 1. The molecule has 118 valence electrons. The van der Waals surface area contributed by atoms with Crippen molar-refractivity contribution in [1.82, 2.24) is 4.98 Å². The zero-order chi connectivity index (χ0) is 16.2. The van der Waals surface area contributed by atoms with Crippen molar-refractivity contribution in [2.75, 3.05) is 5.73 Å². The summed E-state index contributed by atoms with van der Waals surface area (Å²) in [6.45, 7) is 8.78. The van der Waals surface area contributed by atoms with Crippen LogP contribution in [0.25, 0.3) is 10.2 Å². The normalized spacial score (nSPS) is 17.6. The van der Waals surface area contributed by atoms with Gasteiger partial charge >= 0.3 is 5.97 Å². The van der Waals surface area contributed by atoms with Crippen molar-refractivity contribution in [2.45, 2.75) is 58.3 Å². The van der Waals surface area contributed by atoms with Gasteiger partial charge in [-0.2, -0.15) is 0 Å². The average molecular weight is 318 g/mol. The highest BCUT2D eigenvalue weighted by atomic mass is 32.1. The van der Waals surface area contributed by atoms with Gasteiger partial charge in [0.25, 0.3) is 0 Å². The van der Waals surface area contributed by atoms with E-state index in [0.717, 1.165) is 35.2 Å². The van der Waals surface area contributed by atoms with Crippen molar-refractivity contribution >= 4 is 33.2 Å². The van der Waals surface area contributed by atoms with E-state index in [4.69, 9.17) is 10.7 Å². The Kier molecular flexibility index (Phi) is 3.44. The van der Waals surface area contributed by atoms with Gasteiger partial charge in [-0.05, 0) is 36.3 Å². The van der Waals surface area contributed by atoms with E-state index in [-0.39, 0.29) is 10.3 Å². The lowest BCUT2D eigenvalue weighted by molar-refractivity contribution is 0.0703. The van der Waals surface area contributed by atoms with Crippen LogP contribution in [0.2, 0.25) is 0 Å². The van der Waals surface area contributed by atoms with Crippen LogP contribution in [-0.4, -0.2) is 16.1 Å². The van der Waals surface area contributed by atoms with E-state index in [0.29, 0.717) is 11.6 Å². The summed E-state index contributed by atoms with van der Waals surface area (Å²) in [6.07, 6.45) is 3.09. The summed E-state index contributed by atoms with van der Waals surface area (Å²) in [7, 11) is 0. The topological polar surface area (TPSA) is 76.2 Å². The molecule has 4 nitrogen and oxygen atoms in total. The van der Waals surface area contributed by atoms with E-state index in [1.165, 1.54) is 22.5 Å². The Labute approximate surface area is 134 Å². The number of carbonyl (C=O) groups is 1. The summed E-state index contributed by atoms with van der Waals surface area (Å²) in [5, 5.41) is 10.3. The minimum atomic E-state index is -0.963. The zero-order valence-electron chi connectivity index (χ0n) is 13.5. The largest absolute Gasteiger partial charge is 0.477 e. The number of fused-ring (bicyclic) bond motifs is 2. The van der Waals surface area contributed by atoms with Crippen molar-refractivity contribution in [2.24, 2.45) is 0 Å². The van der Waals surface area contributed by atoms with Gasteiger partial charge in [-0.25, -0.2) is 9.78 Å². The van der Waals surface area contributed by atoms with Crippen molar-refractivity contribution in [1.29, 1.82) is 0 Å².